The summed E-state index contributed by atoms with van der Waals surface area (Å²) in [6.45, 7) is 11.0. The van der Waals surface area contributed by atoms with E-state index in [1.54, 1.807) is 13.0 Å². The topological polar surface area (TPSA) is 137 Å². The fourth-order valence-electron chi connectivity index (χ4n) is 6.59. The molecule has 0 aromatic rings. The molecule has 0 aromatic heterocycles. The van der Waals surface area contributed by atoms with E-state index in [2.05, 4.69) is 0 Å². The van der Waals surface area contributed by atoms with Crippen LogP contribution in [-0.4, -0.2) is 76.6 Å². The van der Waals surface area contributed by atoms with Gasteiger partial charge in [0.1, 0.15) is 6.10 Å². The Kier molecular flexibility index (Phi) is 8.17. The molecule has 2 amide bonds. The SMILES string of the molecule is CC(=O)OC1C=C(C)CCC(O)(C(C)(C)C)CC2C3COC3CC(OC(=O)CCN3C(=O)C=CC3=O)C2(C)C1=O. The number of hydrogen-bond donors (Lipinski definition) is 1. The maximum absolute atomic E-state index is 14.4. The molecule has 7 atom stereocenters. The van der Waals surface area contributed by atoms with Gasteiger partial charge in [0.25, 0.3) is 11.8 Å². The first kappa shape index (κ1) is 30.1. The Bertz CT molecular complexity index is 1130. The lowest BCUT2D eigenvalue weighted by atomic mass is 9.52. The summed E-state index contributed by atoms with van der Waals surface area (Å²) in [7, 11) is 0. The van der Waals surface area contributed by atoms with Crippen LogP contribution < -0.4 is 0 Å². The summed E-state index contributed by atoms with van der Waals surface area (Å²) in [5, 5.41) is 12.1. The van der Waals surface area contributed by atoms with Gasteiger partial charge in [-0.15, -0.1) is 0 Å². The van der Waals surface area contributed by atoms with Gasteiger partial charge in [-0.3, -0.25) is 28.9 Å². The van der Waals surface area contributed by atoms with Crippen LogP contribution in [0.5, 0.6) is 0 Å². The van der Waals surface area contributed by atoms with E-state index in [1.165, 1.54) is 6.92 Å². The van der Waals surface area contributed by atoms with Crippen molar-refractivity contribution in [1.29, 1.82) is 0 Å². The summed E-state index contributed by atoms with van der Waals surface area (Å²) < 4.78 is 17.3. The molecule has 4 aliphatic rings. The first-order valence-corrected chi connectivity index (χ1v) is 14.0. The van der Waals surface area contributed by atoms with E-state index in [0.29, 0.717) is 19.4 Å². The van der Waals surface area contributed by atoms with Gasteiger partial charge in [0.2, 0.25) is 0 Å². The minimum Gasteiger partial charge on any atom is -0.461 e. The van der Waals surface area contributed by atoms with Crippen molar-refractivity contribution in [3.05, 3.63) is 23.8 Å². The normalized spacial score (nSPS) is 36.3. The number of imide groups is 1. The van der Waals surface area contributed by atoms with Crippen LogP contribution in [0, 0.1) is 22.7 Å². The van der Waals surface area contributed by atoms with Gasteiger partial charge in [-0.2, -0.15) is 0 Å². The van der Waals surface area contributed by atoms with E-state index in [1.807, 2.05) is 27.7 Å². The van der Waals surface area contributed by atoms with Crippen LogP contribution in [0.1, 0.15) is 73.6 Å². The van der Waals surface area contributed by atoms with Crippen LogP contribution in [0.25, 0.3) is 0 Å². The Morgan fingerprint density at radius 2 is 1.80 bits per heavy atom. The van der Waals surface area contributed by atoms with Crippen LogP contribution >= 0.6 is 0 Å². The molecule has 1 saturated heterocycles. The van der Waals surface area contributed by atoms with Gasteiger partial charge in [-0.25, -0.2) is 0 Å². The molecule has 1 N–H and O–H groups in total. The molecule has 2 aliphatic carbocycles. The number of ketones is 1. The maximum Gasteiger partial charge on any atom is 0.307 e. The Morgan fingerprint density at radius 3 is 2.35 bits per heavy atom. The number of esters is 2. The second kappa shape index (κ2) is 10.9. The fraction of sp³-hybridized carbons (Fsp3) is 0.700. The third kappa shape index (κ3) is 5.52. The number of hydrogen-bond acceptors (Lipinski definition) is 9. The van der Waals surface area contributed by atoms with Crippen LogP contribution in [0.2, 0.25) is 0 Å². The third-order valence-corrected chi connectivity index (χ3v) is 9.50. The third-order valence-electron chi connectivity index (χ3n) is 9.50. The number of rotatable bonds is 5. The minimum absolute atomic E-state index is 0.0498. The van der Waals surface area contributed by atoms with Crippen LogP contribution in [-0.2, 0) is 38.2 Å². The van der Waals surface area contributed by atoms with E-state index in [0.717, 1.165) is 22.6 Å². The highest BCUT2D eigenvalue weighted by atomic mass is 16.6. The number of amides is 2. The van der Waals surface area contributed by atoms with Crippen molar-refractivity contribution < 1.29 is 43.3 Å². The van der Waals surface area contributed by atoms with Crippen LogP contribution in [0.4, 0.5) is 0 Å². The molecule has 10 nitrogen and oxygen atoms in total. The van der Waals surface area contributed by atoms with E-state index in [4.69, 9.17) is 14.2 Å². The fourth-order valence-corrected chi connectivity index (χ4v) is 6.59. The second-order valence-corrected chi connectivity index (χ2v) is 12.9. The van der Waals surface area contributed by atoms with Gasteiger partial charge in [0.15, 0.2) is 11.9 Å². The van der Waals surface area contributed by atoms with Gasteiger partial charge >= 0.3 is 11.9 Å². The van der Waals surface area contributed by atoms with Crippen molar-refractivity contribution >= 4 is 29.5 Å². The van der Waals surface area contributed by atoms with Crippen molar-refractivity contribution in [3.8, 4) is 0 Å². The number of nitrogens with zero attached hydrogens (tertiary/aromatic N) is 1. The van der Waals surface area contributed by atoms with Crippen molar-refractivity contribution in [3.63, 3.8) is 0 Å². The average molecular weight is 560 g/mol. The molecular weight excluding hydrogens is 518 g/mol. The van der Waals surface area contributed by atoms with Gasteiger partial charge in [0, 0.05) is 38.0 Å². The van der Waals surface area contributed by atoms with Gasteiger partial charge in [0.05, 0.1) is 30.1 Å². The number of fused-ring (bicyclic) bond motifs is 3. The van der Waals surface area contributed by atoms with Gasteiger partial charge < -0.3 is 19.3 Å². The smallest absolute Gasteiger partial charge is 0.307 e. The quantitative estimate of drug-likeness (QED) is 0.306. The van der Waals surface area contributed by atoms with Gasteiger partial charge in [-0.05, 0) is 50.5 Å². The molecule has 2 fully saturated rings. The number of aliphatic hydroxyl groups is 1. The molecular formula is C30H41NO9. The Morgan fingerprint density at radius 1 is 1.15 bits per heavy atom. The summed E-state index contributed by atoms with van der Waals surface area (Å²) in [6.07, 6.45) is 2.84. The van der Waals surface area contributed by atoms with Crippen molar-refractivity contribution in [2.75, 3.05) is 13.2 Å². The van der Waals surface area contributed by atoms with E-state index >= 15 is 0 Å². The number of allylic oxidation sites excluding steroid dienone is 1. The minimum atomic E-state index is -1.31. The standard InChI is InChI=1S/C30H41NO9/c1-17-9-11-30(37,28(3,4)5)15-20-19-16-38-21(19)14-23(29(20,6)27(36)22(13-17)39-18(2)32)40-26(35)10-12-31-24(33)7-8-25(31)34/h7-8,13,19-23,37H,9-12,14-16H2,1-6H3. The molecule has 2 heterocycles. The molecule has 0 aromatic carbocycles. The molecule has 0 bridgehead atoms. The van der Waals surface area contributed by atoms with Gasteiger partial charge in [-0.1, -0.05) is 26.3 Å². The lowest BCUT2D eigenvalue weighted by Crippen LogP contribution is -2.66. The molecule has 220 valence electrons. The predicted molar refractivity (Wildman–Crippen MR) is 142 cm³/mol. The van der Waals surface area contributed by atoms with Crippen LogP contribution in [0.15, 0.2) is 23.8 Å². The number of ether oxygens (including phenoxy) is 3. The highest BCUT2D eigenvalue weighted by Gasteiger charge is 2.64. The lowest BCUT2D eigenvalue weighted by molar-refractivity contribution is -0.243. The average Bonchev–Trinajstić information content (AvgIpc) is 3.16. The monoisotopic (exact) mass is 559 g/mol. The first-order chi connectivity index (χ1) is 18.6. The number of Topliss-reactive ketones (excluding diaryl/α,β-unsaturated/α-hetero) is 1. The molecule has 0 spiro atoms. The second-order valence-electron chi connectivity index (χ2n) is 12.9. The first-order valence-electron chi connectivity index (χ1n) is 14.0. The largest absolute Gasteiger partial charge is 0.461 e. The lowest BCUT2D eigenvalue weighted by Gasteiger charge is -2.59. The van der Waals surface area contributed by atoms with Crippen molar-refractivity contribution in [1.82, 2.24) is 4.90 Å². The zero-order chi connectivity index (χ0) is 29.6. The van der Waals surface area contributed by atoms with Crippen LogP contribution in [0.3, 0.4) is 0 Å². The molecule has 7 unspecified atom stereocenters. The Balaban J connectivity index is 1.71. The summed E-state index contributed by atoms with van der Waals surface area (Å²) in [6, 6.07) is 0. The zero-order valence-corrected chi connectivity index (χ0v) is 24.2. The predicted octanol–water partition coefficient (Wildman–Crippen LogP) is 2.66. The summed E-state index contributed by atoms with van der Waals surface area (Å²) in [4.78, 5) is 64.4. The highest BCUT2D eigenvalue weighted by molar-refractivity contribution is 6.13. The molecule has 2 aliphatic heterocycles. The maximum atomic E-state index is 14.4. The van der Waals surface area contributed by atoms with E-state index < -0.39 is 58.3 Å². The van der Waals surface area contributed by atoms with E-state index in [9.17, 15) is 29.1 Å². The molecule has 0 radical (unpaired) electrons. The molecule has 40 heavy (non-hydrogen) atoms. The molecule has 4 rings (SSSR count). The van der Waals surface area contributed by atoms with Crippen molar-refractivity contribution in [2.24, 2.45) is 22.7 Å². The molecule has 10 heteroatoms. The summed E-state index contributed by atoms with van der Waals surface area (Å²) >= 11 is 0. The zero-order valence-electron chi connectivity index (χ0n) is 24.2. The molecule has 1 saturated carbocycles. The summed E-state index contributed by atoms with van der Waals surface area (Å²) in [5.74, 6) is -3.12. The Labute approximate surface area is 235 Å². The highest BCUT2D eigenvalue weighted by Crippen LogP contribution is 2.57. The van der Waals surface area contributed by atoms with E-state index in [-0.39, 0.29) is 43.6 Å². The van der Waals surface area contributed by atoms with Crippen molar-refractivity contribution in [2.45, 2.75) is 97.6 Å². The number of carbonyl (C=O) groups is 5. The number of carbonyl (C=O) groups excluding carboxylic acids is 5. The summed E-state index contributed by atoms with van der Waals surface area (Å²) in [5.41, 5.74) is -2.15. The Hall–Kier alpha value is -2.85.